The zero-order chi connectivity index (χ0) is 21.8. The average molecular weight is 415 g/mol. The molecule has 0 unspecified atom stereocenters. The van der Waals surface area contributed by atoms with Gasteiger partial charge in [-0.1, -0.05) is 19.1 Å². The van der Waals surface area contributed by atoms with Crippen LogP contribution in [0.1, 0.15) is 23.7 Å². The summed E-state index contributed by atoms with van der Waals surface area (Å²) in [5, 5.41) is 0. The van der Waals surface area contributed by atoms with Crippen molar-refractivity contribution in [1.82, 2.24) is 14.0 Å². The van der Waals surface area contributed by atoms with Crippen molar-refractivity contribution < 1.29 is 9.53 Å². The second kappa shape index (κ2) is 9.17. The first-order chi connectivity index (χ1) is 14.4. The molecule has 1 fully saturated rings. The number of nitrogens with zero attached hydrogens (tertiary/aromatic N) is 4. The van der Waals surface area contributed by atoms with Gasteiger partial charge < -0.3 is 15.4 Å². The minimum atomic E-state index is -0.637. The van der Waals surface area contributed by atoms with E-state index in [2.05, 4.69) is 4.90 Å². The number of benzene rings is 1. The van der Waals surface area contributed by atoms with Gasteiger partial charge in [-0.25, -0.2) is 4.79 Å². The first-order valence-electron chi connectivity index (χ1n) is 10.1. The Morgan fingerprint density at radius 1 is 1.13 bits per heavy atom. The summed E-state index contributed by atoms with van der Waals surface area (Å²) in [5.74, 6) is 0.419. The van der Waals surface area contributed by atoms with Crippen LogP contribution in [0, 0.1) is 0 Å². The number of ketones is 1. The molecule has 1 aliphatic rings. The van der Waals surface area contributed by atoms with E-state index in [1.165, 1.54) is 11.6 Å². The number of piperazine rings is 1. The van der Waals surface area contributed by atoms with Gasteiger partial charge in [-0.2, -0.15) is 0 Å². The lowest BCUT2D eigenvalue weighted by atomic mass is 10.1. The highest BCUT2D eigenvalue weighted by Gasteiger charge is 2.25. The van der Waals surface area contributed by atoms with E-state index in [1.807, 2.05) is 36.1 Å². The number of hydrogen-bond acceptors (Lipinski definition) is 7. The number of para-hydroxylation sites is 2. The Morgan fingerprint density at radius 2 is 1.80 bits per heavy atom. The van der Waals surface area contributed by atoms with Crippen molar-refractivity contribution in [2.45, 2.75) is 19.9 Å². The van der Waals surface area contributed by atoms with E-state index in [0.29, 0.717) is 26.1 Å². The molecule has 2 aromatic rings. The lowest BCUT2D eigenvalue weighted by Gasteiger charge is -2.36. The first kappa shape index (κ1) is 21.6. The minimum absolute atomic E-state index is 0.0393. The van der Waals surface area contributed by atoms with Crippen molar-refractivity contribution in [2.75, 3.05) is 50.5 Å². The number of ether oxygens (including phenoxy) is 1. The average Bonchev–Trinajstić information content (AvgIpc) is 2.76. The highest BCUT2D eigenvalue weighted by atomic mass is 16.5. The molecule has 9 nitrogen and oxygen atoms in total. The van der Waals surface area contributed by atoms with E-state index in [-0.39, 0.29) is 23.7 Å². The monoisotopic (exact) mass is 415 g/mol. The molecule has 0 aliphatic carbocycles. The second-order valence-electron chi connectivity index (χ2n) is 7.42. The molecule has 0 saturated carbocycles. The summed E-state index contributed by atoms with van der Waals surface area (Å²) in [4.78, 5) is 42.0. The molecule has 0 spiro atoms. The highest BCUT2D eigenvalue weighted by Crippen LogP contribution is 2.28. The third kappa shape index (κ3) is 4.11. The van der Waals surface area contributed by atoms with E-state index in [4.69, 9.17) is 10.5 Å². The van der Waals surface area contributed by atoms with Gasteiger partial charge in [0.25, 0.3) is 5.56 Å². The lowest BCUT2D eigenvalue weighted by Crippen LogP contribution is -2.49. The smallest absolute Gasteiger partial charge is 0.332 e. The number of anilines is 2. The number of nitrogen functional groups attached to an aromatic ring is 1. The maximum atomic E-state index is 12.9. The molecule has 1 aromatic heterocycles. The first-order valence-corrected chi connectivity index (χ1v) is 10.1. The van der Waals surface area contributed by atoms with Crippen LogP contribution in [0.2, 0.25) is 0 Å². The summed E-state index contributed by atoms with van der Waals surface area (Å²) in [5.41, 5.74) is 5.85. The summed E-state index contributed by atoms with van der Waals surface area (Å²) >= 11 is 0. The summed E-state index contributed by atoms with van der Waals surface area (Å²) in [6.45, 7) is 5.14. The van der Waals surface area contributed by atoms with Crippen molar-refractivity contribution in [1.29, 1.82) is 0 Å². The Labute approximate surface area is 175 Å². The molecule has 1 aromatic carbocycles. The van der Waals surface area contributed by atoms with Gasteiger partial charge in [0.15, 0.2) is 5.78 Å². The SMILES string of the molecule is CCCn1c(N)c(C(=O)CN2CCN(c3ccccc3OC)CC2)c(=O)n(C)c1=O. The van der Waals surface area contributed by atoms with Crippen molar-refractivity contribution in [3.63, 3.8) is 0 Å². The van der Waals surface area contributed by atoms with Crippen LogP contribution in [0.25, 0.3) is 0 Å². The van der Waals surface area contributed by atoms with Gasteiger partial charge in [0.2, 0.25) is 0 Å². The molecule has 1 saturated heterocycles. The van der Waals surface area contributed by atoms with Crippen LogP contribution >= 0.6 is 0 Å². The lowest BCUT2D eigenvalue weighted by molar-refractivity contribution is 0.0924. The van der Waals surface area contributed by atoms with Crippen molar-refractivity contribution in [3.8, 4) is 5.75 Å². The van der Waals surface area contributed by atoms with Crippen molar-refractivity contribution in [2.24, 2.45) is 7.05 Å². The molecule has 162 valence electrons. The highest BCUT2D eigenvalue weighted by molar-refractivity contribution is 6.01. The van der Waals surface area contributed by atoms with Gasteiger partial charge in [-0.3, -0.25) is 23.6 Å². The van der Waals surface area contributed by atoms with E-state index in [9.17, 15) is 14.4 Å². The predicted molar refractivity (Wildman–Crippen MR) is 117 cm³/mol. The minimum Gasteiger partial charge on any atom is -0.495 e. The molecule has 3 rings (SSSR count). The number of carbonyl (C=O) groups excluding carboxylic acids is 1. The zero-order valence-electron chi connectivity index (χ0n) is 17.8. The Bertz CT molecular complexity index is 1030. The molecule has 30 heavy (non-hydrogen) atoms. The number of rotatable bonds is 7. The van der Waals surface area contributed by atoms with Crippen LogP contribution in [0.4, 0.5) is 11.5 Å². The molecular formula is C21H29N5O4. The van der Waals surface area contributed by atoms with Gasteiger partial charge in [-0.15, -0.1) is 0 Å². The Balaban J connectivity index is 1.74. The summed E-state index contributed by atoms with van der Waals surface area (Å²) in [6, 6.07) is 7.84. The quantitative estimate of drug-likeness (QED) is 0.659. The molecule has 0 atom stereocenters. The second-order valence-corrected chi connectivity index (χ2v) is 7.42. The van der Waals surface area contributed by atoms with Gasteiger partial charge >= 0.3 is 5.69 Å². The summed E-state index contributed by atoms with van der Waals surface area (Å²) < 4.78 is 7.69. The molecule has 2 heterocycles. The fourth-order valence-electron chi connectivity index (χ4n) is 3.81. The maximum Gasteiger partial charge on any atom is 0.332 e. The summed E-state index contributed by atoms with van der Waals surface area (Å²) in [7, 11) is 3.02. The zero-order valence-corrected chi connectivity index (χ0v) is 17.8. The molecular weight excluding hydrogens is 386 g/mol. The third-order valence-electron chi connectivity index (χ3n) is 5.47. The van der Waals surface area contributed by atoms with E-state index in [0.717, 1.165) is 29.1 Å². The van der Waals surface area contributed by atoms with Gasteiger partial charge in [0.05, 0.1) is 19.3 Å². The van der Waals surface area contributed by atoms with Crippen LogP contribution < -0.4 is 26.6 Å². The standard InChI is InChI=1S/C21H29N5O4/c1-4-9-26-19(22)18(20(28)23(2)21(26)29)16(27)14-24-10-12-25(13-11-24)15-7-5-6-8-17(15)30-3/h5-8H,4,9-14,22H2,1-3H3. The molecule has 2 N–H and O–H groups in total. The van der Waals surface area contributed by atoms with Crippen LogP contribution in [0.15, 0.2) is 33.9 Å². The molecule has 9 heteroatoms. The van der Waals surface area contributed by atoms with Gasteiger partial charge in [-0.05, 0) is 18.6 Å². The number of aromatic nitrogens is 2. The van der Waals surface area contributed by atoms with E-state index >= 15 is 0 Å². The maximum absolute atomic E-state index is 12.9. The third-order valence-corrected chi connectivity index (χ3v) is 5.47. The normalized spacial score (nSPS) is 14.7. The molecule has 0 radical (unpaired) electrons. The number of methoxy groups -OCH3 is 1. The van der Waals surface area contributed by atoms with Crippen LogP contribution in [-0.2, 0) is 13.6 Å². The number of hydrogen-bond donors (Lipinski definition) is 1. The van der Waals surface area contributed by atoms with Crippen LogP contribution in [0.5, 0.6) is 5.75 Å². The van der Waals surface area contributed by atoms with Crippen LogP contribution in [-0.4, -0.2) is 59.7 Å². The number of carbonyl (C=O) groups is 1. The predicted octanol–water partition coefficient (Wildman–Crippen LogP) is 0.553. The Kier molecular flexibility index (Phi) is 6.61. The summed E-state index contributed by atoms with van der Waals surface area (Å²) in [6.07, 6.45) is 0.668. The van der Waals surface area contributed by atoms with Gasteiger partial charge in [0, 0.05) is 39.8 Å². The largest absolute Gasteiger partial charge is 0.495 e. The Morgan fingerprint density at radius 3 is 2.43 bits per heavy atom. The fourth-order valence-corrected chi connectivity index (χ4v) is 3.81. The van der Waals surface area contributed by atoms with E-state index in [1.54, 1.807) is 7.11 Å². The van der Waals surface area contributed by atoms with Gasteiger partial charge in [0.1, 0.15) is 17.1 Å². The van der Waals surface area contributed by atoms with Crippen molar-refractivity contribution >= 4 is 17.3 Å². The van der Waals surface area contributed by atoms with E-state index < -0.39 is 11.2 Å². The molecule has 1 aliphatic heterocycles. The molecule has 0 bridgehead atoms. The van der Waals surface area contributed by atoms with Crippen molar-refractivity contribution in [3.05, 3.63) is 50.7 Å². The topological polar surface area (TPSA) is 103 Å². The molecule has 0 amide bonds. The van der Waals surface area contributed by atoms with Crippen LogP contribution in [0.3, 0.4) is 0 Å². The number of nitrogens with two attached hydrogens (primary N) is 1. The number of Topliss-reactive ketones (excluding diaryl/α,β-unsaturated/α-hetero) is 1. The Hall–Kier alpha value is -3.07. The fraction of sp³-hybridized carbons (Fsp3) is 0.476.